The number of alkyl halides is 2. The summed E-state index contributed by atoms with van der Waals surface area (Å²) in [4.78, 5) is 10.9. The first-order valence-electron chi connectivity index (χ1n) is 6.01. The Balaban J connectivity index is 1.80. The van der Waals surface area contributed by atoms with Gasteiger partial charge in [-0.15, -0.1) is 0 Å². The molecular weight excluding hydrogens is 238 g/mol. The number of carbonyl (C=O) groups is 1. The number of nitrogens with one attached hydrogen (secondary N) is 2. The minimum Gasteiger partial charge on any atom is -0.352 e. The van der Waals surface area contributed by atoms with E-state index in [1.807, 2.05) is 0 Å². The van der Waals surface area contributed by atoms with E-state index in [0.29, 0.717) is 19.4 Å². The number of rotatable bonds is 5. The van der Waals surface area contributed by atoms with Crippen LogP contribution in [0.5, 0.6) is 0 Å². The first kappa shape index (κ1) is 13.0. The van der Waals surface area contributed by atoms with Gasteiger partial charge in [-0.3, -0.25) is 4.79 Å². The van der Waals surface area contributed by atoms with Crippen LogP contribution in [0.15, 0.2) is 30.3 Å². The highest BCUT2D eigenvalue weighted by Crippen LogP contribution is 2.26. The third kappa shape index (κ3) is 3.26. The predicted molar refractivity (Wildman–Crippen MR) is 64.4 cm³/mol. The van der Waals surface area contributed by atoms with E-state index in [9.17, 15) is 13.6 Å². The van der Waals surface area contributed by atoms with Crippen LogP contribution in [-0.2, 0) is 10.7 Å². The van der Waals surface area contributed by atoms with Crippen LogP contribution < -0.4 is 10.6 Å². The Kier molecular flexibility index (Phi) is 3.91. The molecule has 0 aromatic heterocycles. The van der Waals surface area contributed by atoms with Crippen molar-refractivity contribution in [2.24, 2.45) is 0 Å². The maximum Gasteiger partial charge on any atom is 0.285 e. The average molecular weight is 254 g/mol. The zero-order valence-electron chi connectivity index (χ0n) is 9.96. The monoisotopic (exact) mass is 254 g/mol. The maximum atomic E-state index is 13.8. The molecule has 0 bridgehead atoms. The molecular formula is C13H16F2N2O. The van der Waals surface area contributed by atoms with E-state index < -0.39 is 12.5 Å². The molecule has 1 aliphatic rings. The van der Waals surface area contributed by atoms with E-state index in [4.69, 9.17) is 0 Å². The number of benzene rings is 1. The fraction of sp³-hybridized carbons (Fsp3) is 0.462. The van der Waals surface area contributed by atoms with Gasteiger partial charge in [0.05, 0.1) is 6.54 Å². The van der Waals surface area contributed by atoms with E-state index >= 15 is 0 Å². The van der Waals surface area contributed by atoms with Gasteiger partial charge in [-0.25, -0.2) is 0 Å². The number of hydrogen-bond donors (Lipinski definition) is 2. The second kappa shape index (κ2) is 5.44. The summed E-state index contributed by atoms with van der Waals surface area (Å²) in [6.45, 7) is -0.0302. The van der Waals surface area contributed by atoms with Crippen molar-refractivity contribution >= 4 is 5.91 Å². The smallest absolute Gasteiger partial charge is 0.285 e. The molecule has 1 saturated heterocycles. The molecule has 0 saturated carbocycles. The van der Waals surface area contributed by atoms with E-state index in [1.165, 1.54) is 12.1 Å². The summed E-state index contributed by atoms with van der Waals surface area (Å²) in [5.74, 6) is -2.89. The standard InChI is InChI=1S/C13H16F2N2O/c14-13(15,10-4-2-1-3-5-10)9-16-8-11-6-7-12(18)17-11/h1-5,11,16H,6-9H2,(H,17,18). The molecule has 0 spiro atoms. The molecule has 1 aromatic rings. The first-order chi connectivity index (χ1) is 8.58. The molecule has 1 heterocycles. The predicted octanol–water partition coefficient (Wildman–Crippen LogP) is 1.65. The molecule has 2 N–H and O–H groups in total. The minimum absolute atomic E-state index is 0.00313. The molecule has 98 valence electrons. The highest BCUT2D eigenvalue weighted by molar-refractivity contribution is 5.78. The molecule has 18 heavy (non-hydrogen) atoms. The zero-order chi connectivity index (χ0) is 13.0. The number of hydrogen-bond acceptors (Lipinski definition) is 2. The van der Waals surface area contributed by atoms with E-state index in [1.54, 1.807) is 18.2 Å². The summed E-state index contributed by atoms with van der Waals surface area (Å²) < 4.78 is 27.5. The lowest BCUT2D eigenvalue weighted by molar-refractivity contribution is -0.119. The Morgan fingerprint density at radius 3 is 2.67 bits per heavy atom. The van der Waals surface area contributed by atoms with Crippen molar-refractivity contribution in [3.63, 3.8) is 0 Å². The fourth-order valence-electron chi connectivity index (χ4n) is 2.02. The van der Waals surface area contributed by atoms with Crippen LogP contribution in [0, 0.1) is 0 Å². The SMILES string of the molecule is O=C1CCC(CNCC(F)(F)c2ccccc2)N1. The lowest BCUT2D eigenvalue weighted by Gasteiger charge is -2.19. The zero-order valence-corrected chi connectivity index (χ0v) is 9.96. The summed E-state index contributed by atoms with van der Waals surface area (Å²) in [6.07, 6.45) is 1.20. The topological polar surface area (TPSA) is 41.1 Å². The third-order valence-electron chi connectivity index (χ3n) is 3.02. The highest BCUT2D eigenvalue weighted by Gasteiger charge is 2.31. The fourth-order valence-corrected chi connectivity index (χ4v) is 2.02. The molecule has 1 atom stereocenters. The van der Waals surface area contributed by atoms with Crippen LogP contribution in [0.4, 0.5) is 8.78 Å². The number of amides is 1. The van der Waals surface area contributed by atoms with Gasteiger partial charge in [0.25, 0.3) is 5.92 Å². The van der Waals surface area contributed by atoms with Gasteiger partial charge >= 0.3 is 0 Å². The van der Waals surface area contributed by atoms with Crippen LogP contribution in [0.2, 0.25) is 0 Å². The molecule has 1 fully saturated rings. The Bertz CT molecular complexity index is 409. The van der Waals surface area contributed by atoms with Gasteiger partial charge in [-0.1, -0.05) is 30.3 Å². The Hall–Kier alpha value is -1.49. The Morgan fingerprint density at radius 1 is 1.33 bits per heavy atom. The van der Waals surface area contributed by atoms with Gasteiger partial charge in [0.2, 0.25) is 5.91 Å². The molecule has 1 aromatic carbocycles. The molecule has 1 unspecified atom stereocenters. The van der Waals surface area contributed by atoms with E-state index in [0.717, 1.165) is 0 Å². The van der Waals surface area contributed by atoms with E-state index in [2.05, 4.69) is 10.6 Å². The summed E-state index contributed by atoms with van der Waals surface area (Å²) in [6, 6.07) is 7.71. The molecule has 3 nitrogen and oxygen atoms in total. The van der Waals surface area contributed by atoms with Crippen molar-refractivity contribution in [1.29, 1.82) is 0 Å². The van der Waals surface area contributed by atoms with Crippen molar-refractivity contribution in [3.05, 3.63) is 35.9 Å². The van der Waals surface area contributed by atoms with Crippen LogP contribution in [0.25, 0.3) is 0 Å². The Morgan fingerprint density at radius 2 is 2.06 bits per heavy atom. The van der Waals surface area contributed by atoms with Gasteiger partial charge in [0.15, 0.2) is 0 Å². The summed E-state index contributed by atoms with van der Waals surface area (Å²) in [7, 11) is 0. The van der Waals surface area contributed by atoms with Crippen molar-refractivity contribution in [2.45, 2.75) is 24.8 Å². The van der Waals surface area contributed by atoms with Crippen molar-refractivity contribution < 1.29 is 13.6 Å². The molecule has 1 amide bonds. The van der Waals surface area contributed by atoms with Gasteiger partial charge in [0.1, 0.15) is 0 Å². The van der Waals surface area contributed by atoms with Gasteiger partial charge in [-0.05, 0) is 6.42 Å². The van der Waals surface area contributed by atoms with Gasteiger partial charge in [-0.2, -0.15) is 8.78 Å². The van der Waals surface area contributed by atoms with Crippen LogP contribution in [-0.4, -0.2) is 25.0 Å². The summed E-state index contributed by atoms with van der Waals surface area (Å²) >= 11 is 0. The second-order valence-electron chi connectivity index (χ2n) is 4.50. The van der Waals surface area contributed by atoms with Crippen molar-refractivity contribution in [2.75, 3.05) is 13.1 Å². The molecule has 5 heteroatoms. The lowest BCUT2D eigenvalue weighted by Crippen LogP contribution is -2.40. The van der Waals surface area contributed by atoms with Crippen molar-refractivity contribution in [3.8, 4) is 0 Å². The highest BCUT2D eigenvalue weighted by atomic mass is 19.3. The summed E-state index contributed by atoms with van der Waals surface area (Å²) in [5, 5.41) is 5.46. The summed E-state index contributed by atoms with van der Waals surface area (Å²) in [5.41, 5.74) is 0.00737. The van der Waals surface area contributed by atoms with Crippen LogP contribution in [0.1, 0.15) is 18.4 Å². The molecule has 1 aliphatic heterocycles. The number of halogens is 2. The molecule has 0 aliphatic carbocycles. The first-order valence-corrected chi connectivity index (χ1v) is 6.01. The Labute approximate surface area is 105 Å². The van der Waals surface area contributed by atoms with E-state index in [-0.39, 0.29) is 17.5 Å². The number of carbonyl (C=O) groups excluding carboxylic acids is 1. The molecule has 2 rings (SSSR count). The lowest BCUT2D eigenvalue weighted by atomic mass is 10.1. The van der Waals surface area contributed by atoms with Crippen LogP contribution >= 0.6 is 0 Å². The average Bonchev–Trinajstić information content (AvgIpc) is 2.76. The van der Waals surface area contributed by atoms with Crippen LogP contribution in [0.3, 0.4) is 0 Å². The van der Waals surface area contributed by atoms with Gasteiger partial charge in [0, 0.05) is 24.6 Å². The second-order valence-corrected chi connectivity index (χ2v) is 4.50. The largest absolute Gasteiger partial charge is 0.352 e. The minimum atomic E-state index is -2.89. The normalized spacial score (nSPS) is 19.9. The quantitative estimate of drug-likeness (QED) is 0.838. The van der Waals surface area contributed by atoms with Crippen molar-refractivity contribution in [1.82, 2.24) is 10.6 Å². The maximum absolute atomic E-state index is 13.8. The van der Waals surface area contributed by atoms with Gasteiger partial charge < -0.3 is 10.6 Å². The third-order valence-corrected chi connectivity index (χ3v) is 3.02. The molecule has 0 radical (unpaired) electrons.